The molecule has 1 fully saturated rings. The van der Waals surface area contributed by atoms with Crippen LogP contribution in [-0.4, -0.2) is 23.2 Å². The van der Waals surface area contributed by atoms with Crippen molar-refractivity contribution in [2.24, 2.45) is 0 Å². The van der Waals surface area contributed by atoms with E-state index in [2.05, 4.69) is 4.98 Å². The van der Waals surface area contributed by atoms with Crippen LogP contribution in [0.2, 0.25) is 0 Å². The van der Waals surface area contributed by atoms with Gasteiger partial charge in [-0.1, -0.05) is 12.1 Å². The largest absolute Gasteiger partial charge is 0.497 e. The van der Waals surface area contributed by atoms with Gasteiger partial charge in [0.05, 0.1) is 19.2 Å². The third kappa shape index (κ3) is 2.67. The van der Waals surface area contributed by atoms with Gasteiger partial charge in [0.15, 0.2) is 0 Å². The standard InChI is InChI=1S/C15H15NO3S/c1-19-11-4-2-3-10(7-11)15-16-14(9-5-6-9)12(20-15)8-13(17)18/h2-4,7,9H,5-6,8H2,1H3,(H,17,18). The molecule has 0 spiro atoms. The first-order valence-corrected chi connectivity index (χ1v) is 7.35. The number of nitrogens with zero attached hydrogens (tertiary/aromatic N) is 1. The molecular formula is C15H15NO3S. The zero-order valence-corrected chi connectivity index (χ0v) is 11.9. The zero-order valence-electron chi connectivity index (χ0n) is 11.1. The van der Waals surface area contributed by atoms with Crippen LogP contribution in [0.25, 0.3) is 10.6 Å². The quantitative estimate of drug-likeness (QED) is 0.917. The summed E-state index contributed by atoms with van der Waals surface area (Å²) in [4.78, 5) is 16.5. The number of carbonyl (C=O) groups is 1. The van der Waals surface area contributed by atoms with Crippen molar-refractivity contribution in [3.63, 3.8) is 0 Å². The topological polar surface area (TPSA) is 59.4 Å². The lowest BCUT2D eigenvalue weighted by Gasteiger charge is -2.01. The molecule has 0 aliphatic heterocycles. The first-order chi connectivity index (χ1) is 9.67. The van der Waals surface area contributed by atoms with E-state index in [9.17, 15) is 4.79 Å². The predicted molar refractivity (Wildman–Crippen MR) is 77.4 cm³/mol. The highest BCUT2D eigenvalue weighted by atomic mass is 32.1. The van der Waals surface area contributed by atoms with Gasteiger partial charge in [-0.15, -0.1) is 11.3 Å². The average Bonchev–Trinajstić information content (AvgIpc) is 3.20. The van der Waals surface area contributed by atoms with E-state index in [0.29, 0.717) is 5.92 Å². The third-order valence-electron chi connectivity index (χ3n) is 3.32. The normalized spacial score (nSPS) is 14.2. The summed E-state index contributed by atoms with van der Waals surface area (Å²) in [5.74, 6) is 0.443. The Labute approximate surface area is 121 Å². The smallest absolute Gasteiger partial charge is 0.308 e. The van der Waals surface area contributed by atoms with E-state index in [1.807, 2.05) is 24.3 Å². The van der Waals surface area contributed by atoms with Crippen molar-refractivity contribution in [2.75, 3.05) is 7.11 Å². The fourth-order valence-electron chi connectivity index (χ4n) is 2.18. The van der Waals surface area contributed by atoms with Gasteiger partial charge in [0.2, 0.25) is 0 Å². The number of benzene rings is 1. The van der Waals surface area contributed by atoms with Gasteiger partial charge < -0.3 is 9.84 Å². The minimum atomic E-state index is -0.798. The van der Waals surface area contributed by atoms with Crippen LogP contribution < -0.4 is 4.74 Å². The van der Waals surface area contributed by atoms with Crippen LogP contribution in [0.15, 0.2) is 24.3 Å². The summed E-state index contributed by atoms with van der Waals surface area (Å²) in [6.07, 6.45) is 2.30. The fraction of sp³-hybridized carbons (Fsp3) is 0.333. The Kier molecular flexibility index (Phi) is 3.44. The second-order valence-corrected chi connectivity index (χ2v) is 5.99. The first kappa shape index (κ1) is 13.1. The number of hydrogen-bond acceptors (Lipinski definition) is 4. The van der Waals surface area contributed by atoms with Gasteiger partial charge in [0, 0.05) is 16.4 Å². The van der Waals surface area contributed by atoms with E-state index >= 15 is 0 Å². The number of aromatic nitrogens is 1. The van der Waals surface area contributed by atoms with E-state index < -0.39 is 5.97 Å². The molecule has 0 amide bonds. The molecule has 0 bridgehead atoms. The molecule has 1 aliphatic carbocycles. The van der Waals surface area contributed by atoms with Crippen molar-refractivity contribution in [3.8, 4) is 16.3 Å². The van der Waals surface area contributed by atoms with Crippen molar-refractivity contribution < 1.29 is 14.6 Å². The lowest BCUT2D eigenvalue weighted by molar-refractivity contribution is -0.136. The predicted octanol–water partition coefficient (Wildman–Crippen LogP) is 3.32. The maximum absolute atomic E-state index is 11.0. The van der Waals surface area contributed by atoms with Crippen LogP contribution >= 0.6 is 11.3 Å². The highest BCUT2D eigenvalue weighted by Crippen LogP contribution is 2.44. The van der Waals surface area contributed by atoms with Crippen LogP contribution in [0.4, 0.5) is 0 Å². The van der Waals surface area contributed by atoms with Crippen LogP contribution in [-0.2, 0) is 11.2 Å². The summed E-state index contributed by atoms with van der Waals surface area (Å²) in [5, 5.41) is 9.89. The molecule has 1 aromatic heterocycles. The van der Waals surface area contributed by atoms with E-state index in [1.54, 1.807) is 7.11 Å². The van der Waals surface area contributed by atoms with Crippen molar-refractivity contribution >= 4 is 17.3 Å². The number of aliphatic carboxylic acids is 1. The van der Waals surface area contributed by atoms with E-state index in [4.69, 9.17) is 9.84 Å². The Morgan fingerprint density at radius 2 is 2.30 bits per heavy atom. The van der Waals surface area contributed by atoms with Crippen LogP contribution in [0.3, 0.4) is 0 Å². The lowest BCUT2D eigenvalue weighted by Crippen LogP contribution is -2.00. The molecule has 1 aliphatic rings. The molecule has 1 aromatic carbocycles. The zero-order chi connectivity index (χ0) is 14.1. The highest BCUT2D eigenvalue weighted by molar-refractivity contribution is 7.15. The number of carboxylic acid groups (broad SMARTS) is 1. The van der Waals surface area contributed by atoms with Gasteiger partial charge in [-0.05, 0) is 25.0 Å². The molecular weight excluding hydrogens is 274 g/mol. The maximum atomic E-state index is 11.0. The van der Waals surface area contributed by atoms with E-state index in [0.717, 1.165) is 39.7 Å². The van der Waals surface area contributed by atoms with E-state index in [-0.39, 0.29) is 6.42 Å². The average molecular weight is 289 g/mol. The molecule has 1 N–H and O–H groups in total. The molecule has 0 atom stereocenters. The molecule has 3 rings (SSSR count). The fourth-order valence-corrected chi connectivity index (χ4v) is 3.32. The molecule has 0 unspecified atom stereocenters. The first-order valence-electron chi connectivity index (χ1n) is 6.53. The molecule has 0 saturated heterocycles. The van der Waals surface area contributed by atoms with Gasteiger partial charge in [0.25, 0.3) is 0 Å². The molecule has 104 valence electrons. The number of rotatable bonds is 5. The number of hydrogen-bond donors (Lipinski definition) is 1. The Morgan fingerprint density at radius 3 is 2.95 bits per heavy atom. The summed E-state index contributed by atoms with van der Waals surface area (Å²) >= 11 is 1.48. The number of ether oxygens (including phenoxy) is 1. The summed E-state index contributed by atoms with van der Waals surface area (Å²) in [5.41, 5.74) is 1.96. The van der Waals surface area contributed by atoms with Crippen LogP contribution in [0, 0.1) is 0 Å². The van der Waals surface area contributed by atoms with Crippen molar-refractivity contribution in [1.82, 2.24) is 4.98 Å². The SMILES string of the molecule is COc1cccc(-c2nc(C3CC3)c(CC(=O)O)s2)c1. The van der Waals surface area contributed by atoms with Crippen LogP contribution in [0.5, 0.6) is 5.75 Å². The molecule has 4 nitrogen and oxygen atoms in total. The van der Waals surface area contributed by atoms with Crippen LogP contribution in [0.1, 0.15) is 29.3 Å². The van der Waals surface area contributed by atoms with Crippen molar-refractivity contribution in [2.45, 2.75) is 25.2 Å². The Morgan fingerprint density at radius 1 is 1.50 bits per heavy atom. The van der Waals surface area contributed by atoms with Gasteiger partial charge in [-0.3, -0.25) is 4.79 Å². The highest BCUT2D eigenvalue weighted by Gasteiger charge is 2.30. The van der Waals surface area contributed by atoms with Crippen molar-refractivity contribution in [3.05, 3.63) is 34.8 Å². The Hall–Kier alpha value is -1.88. The second-order valence-electron chi connectivity index (χ2n) is 4.90. The number of methoxy groups -OCH3 is 1. The molecule has 2 aromatic rings. The van der Waals surface area contributed by atoms with Gasteiger partial charge in [-0.25, -0.2) is 4.98 Å². The second kappa shape index (κ2) is 5.25. The maximum Gasteiger partial charge on any atom is 0.308 e. The molecule has 1 saturated carbocycles. The molecule has 0 radical (unpaired) electrons. The minimum Gasteiger partial charge on any atom is -0.497 e. The van der Waals surface area contributed by atoms with E-state index in [1.165, 1.54) is 11.3 Å². The minimum absolute atomic E-state index is 0.0630. The molecule has 1 heterocycles. The number of carboxylic acids is 1. The molecule has 20 heavy (non-hydrogen) atoms. The van der Waals surface area contributed by atoms with Gasteiger partial charge >= 0.3 is 5.97 Å². The summed E-state index contributed by atoms with van der Waals surface area (Å²) in [7, 11) is 1.63. The van der Waals surface area contributed by atoms with Gasteiger partial charge in [-0.2, -0.15) is 0 Å². The summed E-state index contributed by atoms with van der Waals surface area (Å²) in [6.45, 7) is 0. The van der Waals surface area contributed by atoms with Gasteiger partial charge in [0.1, 0.15) is 10.8 Å². The van der Waals surface area contributed by atoms with Crippen molar-refractivity contribution in [1.29, 1.82) is 0 Å². The summed E-state index contributed by atoms with van der Waals surface area (Å²) < 4.78 is 5.22. The Bertz CT molecular complexity index is 646. The monoisotopic (exact) mass is 289 g/mol. The molecule has 5 heteroatoms. The number of thiazole rings is 1. The summed E-state index contributed by atoms with van der Waals surface area (Å²) in [6, 6.07) is 7.71. The lowest BCUT2D eigenvalue weighted by atomic mass is 10.2. The third-order valence-corrected chi connectivity index (χ3v) is 4.44. The Balaban J connectivity index is 1.98.